The van der Waals surface area contributed by atoms with Gasteiger partial charge in [-0.3, -0.25) is 9.78 Å². The predicted molar refractivity (Wildman–Crippen MR) is 126 cm³/mol. The number of nitrogens with zero attached hydrogens (tertiary/aromatic N) is 1. The van der Waals surface area contributed by atoms with Gasteiger partial charge in [0, 0.05) is 11.8 Å². The highest BCUT2D eigenvalue weighted by atomic mass is 16.4. The molecule has 0 aliphatic rings. The molecule has 30 heavy (non-hydrogen) atoms. The predicted octanol–water partition coefficient (Wildman–Crippen LogP) is 7.79. The largest absolute Gasteiger partial charge is 0.481 e. The minimum atomic E-state index is -0.726. The smallest absolute Gasteiger partial charge is 0.310 e. The number of hydrogen-bond acceptors (Lipinski definition) is 2. The molecule has 1 aromatic heterocycles. The number of hydrogen-bond donors (Lipinski definition) is 1. The van der Waals surface area contributed by atoms with E-state index in [4.69, 9.17) is 0 Å². The number of carboxylic acids is 1. The Morgan fingerprint density at radius 1 is 0.833 bits per heavy atom. The van der Waals surface area contributed by atoms with Crippen molar-refractivity contribution in [3.63, 3.8) is 0 Å². The van der Waals surface area contributed by atoms with Gasteiger partial charge in [0.2, 0.25) is 0 Å². The second-order valence-electron chi connectivity index (χ2n) is 8.43. The highest BCUT2D eigenvalue weighted by Gasteiger charge is 2.19. The molecule has 3 nitrogen and oxygen atoms in total. The Hall–Kier alpha value is -2.16. The zero-order chi connectivity index (χ0) is 21.6. The standard InChI is InChI=1S/C27H39NO2/c1-3-5-7-9-10-11-13-22-15-20-26(28-21-22)24-18-16-23(17-19-24)25(27(29)30)14-12-8-6-4-2/h15-21,25H,3-14H2,1-2H3,(H,29,30). The fourth-order valence-corrected chi connectivity index (χ4v) is 3.95. The minimum absolute atomic E-state index is 0.413. The van der Waals surface area contributed by atoms with E-state index in [9.17, 15) is 9.90 Å². The molecule has 3 heteroatoms. The zero-order valence-electron chi connectivity index (χ0n) is 18.9. The van der Waals surface area contributed by atoms with Gasteiger partial charge in [-0.1, -0.05) is 102 Å². The Kier molecular flexibility index (Phi) is 11.2. The number of unbranched alkanes of at least 4 members (excludes halogenated alkanes) is 8. The summed E-state index contributed by atoms with van der Waals surface area (Å²) in [6.45, 7) is 4.42. The van der Waals surface area contributed by atoms with Gasteiger partial charge in [0.25, 0.3) is 0 Å². The van der Waals surface area contributed by atoms with Crippen LogP contribution in [0.5, 0.6) is 0 Å². The lowest BCUT2D eigenvalue weighted by molar-refractivity contribution is -0.139. The van der Waals surface area contributed by atoms with E-state index in [-0.39, 0.29) is 0 Å². The summed E-state index contributed by atoms with van der Waals surface area (Å²) in [5.41, 5.74) is 4.18. The Labute approximate surface area is 183 Å². The van der Waals surface area contributed by atoms with Crippen LogP contribution in [0.15, 0.2) is 42.6 Å². The SMILES string of the molecule is CCCCCCCCc1ccc(-c2ccc(C(CCCCCC)C(=O)O)cc2)nc1. The van der Waals surface area contributed by atoms with E-state index in [0.29, 0.717) is 6.42 Å². The van der Waals surface area contributed by atoms with Crippen LogP contribution in [0.3, 0.4) is 0 Å². The summed E-state index contributed by atoms with van der Waals surface area (Å²) in [6.07, 6.45) is 16.1. The maximum absolute atomic E-state index is 11.7. The molecule has 0 saturated carbocycles. The first-order chi connectivity index (χ1) is 14.7. The fraction of sp³-hybridized carbons (Fsp3) is 0.556. The van der Waals surface area contributed by atoms with E-state index in [1.165, 1.54) is 50.5 Å². The van der Waals surface area contributed by atoms with E-state index >= 15 is 0 Å². The molecule has 2 rings (SSSR count). The molecule has 1 aromatic carbocycles. The van der Waals surface area contributed by atoms with Gasteiger partial charge in [0.05, 0.1) is 11.6 Å². The van der Waals surface area contributed by atoms with Crippen LogP contribution >= 0.6 is 0 Å². The molecule has 0 aliphatic carbocycles. The summed E-state index contributed by atoms with van der Waals surface area (Å²) in [4.78, 5) is 16.3. The molecule has 1 atom stereocenters. The zero-order valence-corrected chi connectivity index (χ0v) is 18.9. The number of aliphatic carboxylic acids is 1. The van der Waals surface area contributed by atoms with Gasteiger partial charge in [0.15, 0.2) is 0 Å². The number of aryl methyl sites for hydroxylation is 1. The number of rotatable bonds is 15. The Morgan fingerprint density at radius 3 is 2.07 bits per heavy atom. The van der Waals surface area contributed by atoms with Crippen LogP contribution in [0.1, 0.15) is 102 Å². The summed E-state index contributed by atoms with van der Waals surface area (Å²) in [5.74, 6) is -1.14. The first kappa shape index (κ1) is 24.1. The van der Waals surface area contributed by atoms with Crippen molar-refractivity contribution in [3.05, 3.63) is 53.7 Å². The van der Waals surface area contributed by atoms with Gasteiger partial charge in [-0.25, -0.2) is 0 Å². The van der Waals surface area contributed by atoms with Gasteiger partial charge in [-0.2, -0.15) is 0 Å². The average molecular weight is 410 g/mol. The molecule has 0 spiro atoms. The maximum Gasteiger partial charge on any atom is 0.310 e. The summed E-state index contributed by atoms with van der Waals surface area (Å²) in [7, 11) is 0. The summed E-state index contributed by atoms with van der Waals surface area (Å²) in [6, 6.07) is 12.2. The molecule has 0 amide bonds. The van der Waals surface area contributed by atoms with Crippen LogP contribution in [-0.2, 0) is 11.2 Å². The number of carboxylic acid groups (broad SMARTS) is 1. The summed E-state index contributed by atoms with van der Waals surface area (Å²) < 4.78 is 0. The second kappa shape index (κ2) is 14.0. The van der Waals surface area contributed by atoms with Crippen molar-refractivity contribution in [2.45, 2.75) is 96.8 Å². The van der Waals surface area contributed by atoms with Gasteiger partial charge in [-0.05, 0) is 36.5 Å². The molecule has 2 aromatic rings. The summed E-state index contributed by atoms with van der Waals surface area (Å²) in [5, 5.41) is 9.62. The number of pyridine rings is 1. The van der Waals surface area contributed by atoms with Crippen molar-refractivity contribution in [1.82, 2.24) is 4.98 Å². The van der Waals surface area contributed by atoms with Crippen LogP contribution < -0.4 is 0 Å². The van der Waals surface area contributed by atoms with Crippen LogP contribution in [-0.4, -0.2) is 16.1 Å². The lowest BCUT2D eigenvalue weighted by Gasteiger charge is -2.13. The van der Waals surface area contributed by atoms with Gasteiger partial charge in [0.1, 0.15) is 0 Å². The van der Waals surface area contributed by atoms with E-state index in [0.717, 1.165) is 42.5 Å². The van der Waals surface area contributed by atoms with E-state index in [1.54, 1.807) is 0 Å². The molecule has 0 bridgehead atoms. The van der Waals surface area contributed by atoms with Crippen molar-refractivity contribution in [3.8, 4) is 11.3 Å². The van der Waals surface area contributed by atoms with Crippen LogP contribution in [0.25, 0.3) is 11.3 Å². The maximum atomic E-state index is 11.7. The van der Waals surface area contributed by atoms with Crippen molar-refractivity contribution in [1.29, 1.82) is 0 Å². The molecule has 164 valence electrons. The molecular formula is C27H39NO2. The van der Waals surface area contributed by atoms with Crippen LogP contribution in [0, 0.1) is 0 Å². The lowest BCUT2D eigenvalue weighted by Crippen LogP contribution is -2.11. The highest BCUT2D eigenvalue weighted by molar-refractivity contribution is 5.76. The normalized spacial score (nSPS) is 12.1. The monoisotopic (exact) mass is 409 g/mol. The number of aromatic nitrogens is 1. The number of benzene rings is 1. The Bertz CT molecular complexity index is 722. The lowest BCUT2D eigenvalue weighted by atomic mass is 9.92. The third-order valence-electron chi connectivity index (χ3n) is 5.90. The van der Waals surface area contributed by atoms with Crippen molar-refractivity contribution < 1.29 is 9.90 Å². The molecular weight excluding hydrogens is 370 g/mol. The second-order valence-corrected chi connectivity index (χ2v) is 8.43. The minimum Gasteiger partial charge on any atom is -0.481 e. The van der Waals surface area contributed by atoms with Crippen molar-refractivity contribution >= 4 is 5.97 Å². The van der Waals surface area contributed by atoms with Crippen LogP contribution in [0.2, 0.25) is 0 Å². The Morgan fingerprint density at radius 2 is 1.47 bits per heavy atom. The van der Waals surface area contributed by atoms with Gasteiger partial charge in [-0.15, -0.1) is 0 Å². The van der Waals surface area contributed by atoms with E-state index < -0.39 is 11.9 Å². The van der Waals surface area contributed by atoms with Gasteiger partial charge < -0.3 is 5.11 Å². The summed E-state index contributed by atoms with van der Waals surface area (Å²) >= 11 is 0. The molecule has 0 fully saturated rings. The molecule has 0 saturated heterocycles. The van der Waals surface area contributed by atoms with Crippen molar-refractivity contribution in [2.24, 2.45) is 0 Å². The quantitative estimate of drug-likeness (QED) is 0.305. The molecule has 0 radical (unpaired) electrons. The third kappa shape index (κ3) is 8.30. The number of carbonyl (C=O) groups is 1. The highest BCUT2D eigenvalue weighted by Crippen LogP contribution is 2.26. The average Bonchev–Trinajstić information content (AvgIpc) is 2.77. The molecule has 1 heterocycles. The first-order valence-corrected chi connectivity index (χ1v) is 11.9. The fourth-order valence-electron chi connectivity index (χ4n) is 3.95. The van der Waals surface area contributed by atoms with Crippen LogP contribution in [0.4, 0.5) is 0 Å². The molecule has 1 unspecified atom stereocenters. The van der Waals surface area contributed by atoms with Gasteiger partial charge >= 0.3 is 5.97 Å². The Balaban J connectivity index is 1.89. The first-order valence-electron chi connectivity index (χ1n) is 11.9. The van der Waals surface area contributed by atoms with E-state index in [1.807, 2.05) is 30.5 Å². The van der Waals surface area contributed by atoms with E-state index in [2.05, 4.69) is 31.0 Å². The van der Waals surface area contributed by atoms with Crippen molar-refractivity contribution in [2.75, 3.05) is 0 Å². The molecule has 0 aliphatic heterocycles. The topological polar surface area (TPSA) is 50.2 Å². The molecule has 1 N–H and O–H groups in total. The third-order valence-corrected chi connectivity index (χ3v) is 5.90.